The second-order valence-corrected chi connectivity index (χ2v) is 6.21. The number of hydrogen-bond acceptors (Lipinski definition) is 3. The van der Waals surface area contributed by atoms with E-state index in [9.17, 15) is 0 Å². The molecule has 2 rings (SSSR count). The Morgan fingerprint density at radius 1 is 1.47 bits per heavy atom. The highest BCUT2D eigenvalue weighted by Crippen LogP contribution is 2.26. The van der Waals surface area contributed by atoms with Crippen molar-refractivity contribution < 1.29 is 4.74 Å². The van der Waals surface area contributed by atoms with Gasteiger partial charge < -0.3 is 15.0 Å². The van der Waals surface area contributed by atoms with Gasteiger partial charge in [0.2, 0.25) is 0 Å². The Bertz CT molecular complexity index is 405. The normalized spacial score (nSPS) is 19.1. The van der Waals surface area contributed by atoms with Crippen LogP contribution in [0.3, 0.4) is 0 Å². The number of rotatable bonds is 6. The van der Waals surface area contributed by atoms with Crippen molar-refractivity contribution >= 4 is 15.9 Å². The summed E-state index contributed by atoms with van der Waals surface area (Å²) in [7, 11) is 3.89. The Morgan fingerprint density at radius 2 is 2.32 bits per heavy atom. The highest BCUT2D eigenvalue weighted by atomic mass is 79.9. The molecule has 1 unspecified atom stereocenters. The Balaban J connectivity index is 1.80. The number of ether oxygens (including phenoxy) is 1. The summed E-state index contributed by atoms with van der Waals surface area (Å²) in [5, 5.41) is 3.43. The van der Waals surface area contributed by atoms with Gasteiger partial charge in [0.25, 0.3) is 0 Å². The van der Waals surface area contributed by atoms with Crippen LogP contribution in [0.15, 0.2) is 22.7 Å². The maximum atomic E-state index is 5.25. The van der Waals surface area contributed by atoms with Crippen LogP contribution >= 0.6 is 15.9 Å². The number of methoxy groups -OCH3 is 1. The Hall–Kier alpha value is -0.580. The molecule has 0 amide bonds. The van der Waals surface area contributed by atoms with Crippen LogP contribution in [0, 0.1) is 5.92 Å². The molecular formula is C15H23BrN2O. The van der Waals surface area contributed by atoms with Gasteiger partial charge in [0, 0.05) is 6.54 Å². The van der Waals surface area contributed by atoms with Crippen molar-refractivity contribution in [3.05, 3.63) is 28.2 Å². The maximum absolute atomic E-state index is 5.25. The minimum atomic E-state index is 0.866. The van der Waals surface area contributed by atoms with Gasteiger partial charge in [0.1, 0.15) is 5.75 Å². The van der Waals surface area contributed by atoms with Crippen LogP contribution in [-0.4, -0.2) is 38.7 Å². The van der Waals surface area contributed by atoms with Gasteiger partial charge in [-0.3, -0.25) is 0 Å². The quantitative estimate of drug-likeness (QED) is 0.869. The summed E-state index contributed by atoms with van der Waals surface area (Å²) in [6.07, 6.45) is 2.63. The van der Waals surface area contributed by atoms with Gasteiger partial charge in [0.15, 0.2) is 0 Å². The molecule has 1 N–H and O–H groups in total. The second kappa shape index (κ2) is 7.27. The predicted molar refractivity (Wildman–Crippen MR) is 82.6 cm³/mol. The van der Waals surface area contributed by atoms with Gasteiger partial charge in [-0.1, -0.05) is 6.07 Å². The molecule has 1 atom stereocenters. The summed E-state index contributed by atoms with van der Waals surface area (Å²) >= 11 is 3.54. The zero-order valence-electron chi connectivity index (χ0n) is 11.8. The minimum absolute atomic E-state index is 0.866. The van der Waals surface area contributed by atoms with Crippen molar-refractivity contribution in [2.45, 2.75) is 19.4 Å². The van der Waals surface area contributed by atoms with Crippen molar-refractivity contribution in [3.63, 3.8) is 0 Å². The van der Waals surface area contributed by atoms with Crippen LogP contribution in [0.1, 0.15) is 18.4 Å². The lowest BCUT2D eigenvalue weighted by atomic mass is 10.0. The molecule has 1 fully saturated rings. The van der Waals surface area contributed by atoms with E-state index < -0.39 is 0 Å². The molecule has 0 aromatic heterocycles. The fourth-order valence-electron chi connectivity index (χ4n) is 2.56. The second-order valence-electron chi connectivity index (χ2n) is 5.35. The Labute approximate surface area is 124 Å². The first kappa shape index (κ1) is 14.8. The van der Waals surface area contributed by atoms with Crippen LogP contribution in [0.25, 0.3) is 0 Å². The first-order chi connectivity index (χ1) is 9.19. The van der Waals surface area contributed by atoms with Crippen LogP contribution in [0.5, 0.6) is 5.75 Å². The van der Waals surface area contributed by atoms with Crippen LogP contribution in [0.2, 0.25) is 0 Å². The van der Waals surface area contributed by atoms with E-state index in [0.29, 0.717) is 0 Å². The van der Waals surface area contributed by atoms with E-state index in [2.05, 4.69) is 45.3 Å². The molecule has 106 valence electrons. The fourth-order valence-corrected chi connectivity index (χ4v) is 3.15. The van der Waals surface area contributed by atoms with Gasteiger partial charge in [-0.15, -0.1) is 0 Å². The van der Waals surface area contributed by atoms with E-state index in [0.717, 1.165) is 29.2 Å². The molecule has 0 saturated carbocycles. The smallest absolute Gasteiger partial charge is 0.133 e. The summed E-state index contributed by atoms with van der Waals surface area (Å²) in [5.74, 6) is 1.76. The molecule has 19 heavy (non-hydrogen) atoms. The third-order valence-electron chi connectivity index (χ3n) is 3.75. The van der Waals surface area contributed by atoms with Gasteiger partial charge in [0.05, 0.1) is 11.6 Å². The van der Waals surface area contributed by atoms with Crippen LogP contribution < -0.4 is 10.1 Å². The molecule has 1 aromatic rings. The van der Waals surface area contributed by atoms with Gasteiger partial charge >= 0.3 is 0 Å². The molecule has 4 heteroatoms. The Kier molecular flexibility index (Phi) is 5.67. The molecule has 0 aliphatic carbocycles. The largest absolute Gasteiger partial charge is 0.496 e. The lowest BCUT2D eigenvalue weighted by Crippen LogP contribution is -2.22. The average Bonchev–Trinajstić information content (AvgIpc) is 2.90. The zero-order valence-corrected chi connectivity index (χ0v) is 13.4. The van der Waals surface area contributed by atoms with E-state index in [1.165, 1.54) is 31.5 Å². The van der Waals surface area contributed by atoms with Crippen molar-refractivity contribution in [1.29, 1.82) is 0 Å². The molecular weight excluding hydrogens is 304 g/mol. The molecule has 0 bridgehead atoms. The average molecular weight is 327 g/mol. The highest BCUT2D eigenvalue weighted by Gasteiger charge is 2.14. The fraction of sp³-hybridized carbons (Fsp3) is 0.600. The van der Waals surface area contributed by atoms with Crippen molar-refractivity contribution in [2.75, 3.05) is 33.8 Å². The zero-order chi connectivity index (χ0) is 13.7. The summed E-state index contributed by atoms with van der Waals surface area (Å²) in [5.41, 5.74) is 1.32. The topological polar surface area (TPSA) is 24.5 Å². The van der Waals surface area contributed by atoms with E-state index in [-0.39, 0.29) is 0 Å². The number of nitrogens with zero attached hydrogens (tertiary/aromatic N) is 1. The number of halogens is 1. The lowest BCUT2D eigenvalue weighted by molar-refractivity contribution is 0.298. The maximum Gasteiger partial charge on any atom is 0.133 e. The standard InChI is InChI=1S/C15H23BrN2O/c1-18(8-6-12-5-7-17-10-12)11-13-3-4-15(19-2)14(16)9-13/h3-4,9,12,17H,5-8,10-11H2,1-2H3. The number of benzene rings is 1. The molecule has 1 saturated heterocycles. The van der Waals surface area contributed by atoms with Gasteiger partial charge in [-0.2, -0.15) is 0 Å². The molecule has 1 aromatic carbocycles. The van der Waals surface area contributed by atoms with E-state index in [1.54, 1.807) is 7.11 Å². The van der Waals surface area contributed by atoms with E-state index in [4.69, 9.17) is 4.74 Å². The SMILES string of the molecule is COc1ccc(CN(C)CCC2CCNC2)cc1Br. The van der Waals surface area contributed by atoms with Crippen molar-refractivity contribution in [3.8, 4) is 5.75 Å². The number of hydrogen-bond donors (Lipinski definition) is 1. The summed E-state index contributed by atoms with van der Waals surface area (Å²) < 4.78 is 6.28. The summed E-state index contributed by atoms with van der Waals surface area (Å²) in [6.45, 7) is 4.54. The first-order valence-electron chi connectivity index (χ1n) is 6.90. The molecule has 0 radical (unpaired) electrons. The van der Waals surface area contributed by atoms with E-state index in [1.807, 2.05) is 6.07 Å². The monoisotopic (exact) mass is 326 g/mol. The Morgan fingerprint density at radius 3 is 2.95 bits per heavy atom. The van der Waals surface area contributed by atoms with Crippen molar-refractivity contribution in [1.82, 2.24) is 10.2 Å². The van der Waals surface area contributed by atoms with Gasteiger partial charge in [-0.25, -0.2) is 0 Å². The third-order valence-corrected chi connectivity index (χ3v) is 4.37. The molecule has 1 aliphatic rings. The molecule has 1 aliphatic heterocycles. The summed E-state index contributed by atoms with van der Waals surface area (Å²) in [6, 6.07) is 6.30. The summed E-state index contributed by atoms with van der Waals surface area (Å²) in [4.78, 5) is 2.40. The third kappa shape index (κ3) is 4.48. The van der Waals surface area contributed by atoms with E-state index >= 15 is 0 Å². The van der Waals surface area contributed by atoms with Gasteiger partial charge in [-0.05, 0) is 79.1 Å². The predicted octanol–water partition coefficient (Wildman–Crippen LogP) is 2.89. The molecule has 0 spiro atoms. The lowest BCUT2D eigenvalue weighted by Gasteiger charge is -2.19. The molecule has 1 heterocycles. The van der Waals surface area contributed by atoms with Crippen LogP contribution in [-0.2, 0) is 6.54 Å². The van der Waals surface area contributed by atoms with Crippen LogP contribution in [0.4, 0.5) is 0 Å². The number of nitrogens with one attached hydrogen (secondary N) is 1. The minimum Gasteiger partial charge on any atom is -0.496 e. The highest BCUT2D eigenvalue weighted by molar-refractivity contribution is 9.10. The van der Waals surface area contributed by atoms with Crippen molar-refractivity contribution in [2.24, 2.45) is 5.92 Å². The molecule has 3 nitrogen and oxygen atoms in total. The first-order valence-corrected chi connectivity index (χ1v) is 7.70.